The number of halogens is 4. The molecule has 1 aliphatic rings. The second-order valence-electron chi connectivity index (χ2n) is 30.5. The largest absolute Gasteiger partial charge is 0.542 e. The molecule has 3 heterocycles. The summed E-state index contributed by atoms with van der Waals surface area (Å²) in [6.07, 6.45) is -0.719. The van der Waals surface area contributed by atoms with E-state index in [2.05, 4.69) is 79.5 Å². The van der Waals surface area contributed by atoms with Gasteiger partial charge in [-0.05, 0) is 139 Å². The zero-order valence-corrected chi connectivity index (χ0v) is 69.9. The van der Waals surface area contributed by atoms with E-state index in [1.165, 1.54) is 62.3 Å². The molecule has 8 rings (SSSR count). The van der Waals surface area contributed by atoms with E-state index < -0.39 is 173 Å². The van der Waals surface area contributed by atoms with Crippen molar-refractivity contribution in [3.05, 3.63) is 205 Å². The van der Waals surface area contributed by atoms with Crippen LogP contribution in [0.25, 0.3) is 10.8 Å². The van der Waals surface area contributed by atoms with Crippen LogP contribution in [0.15, 0.2) is 156 Å². The van der Waals surface area contributed by atoms with E-state index in [4.69, 9.17) is 21.5 Å². The van der Waals surface area contributed by atoms with E-state index in [0.717, 1.165) is 17.0 Å². The predicted octanol–water partition coefficient (Wildman–Crippen LogP) is 0.657. The number of aliphatic hydroxyl groups is 1. The summed E-state index contributed by atoms with van der Waals surface area (Å²) in [5.74, 6) is -13.5. The van der Waals surface area contributed by atoms with E-state index in [0.29, 0.717) is 58.8 Å². The SMILES string of the molecule is CC(=O)Nc1ccc(C[C@@H](NC(=O)[C@H](Cc2ccc(NC(=O)c3c[nH]c(=O)[nH]c3=O)cc2)NC(=O)[C@H](CO)NC(=O)[C@@H](Cc2cccnc2)NC(=O)[C@@H](Cc2ccc(Cl)cc2)NC(=O)[C@@H](Cc2ccc3ccccc3c2)NC(C)=O)C(=O)N[C@@H](CC(C)C)C(=O)N[C@@H](CCCCNC(C)C)C(=O)N2CCC[C@H]2C(=O)N[C@H](C)C([NH3+])=O)cc1.O=C([O-])C(F)(F)F. The maximum Gasteiger partial charge on any atom is 0.430 e. The van der Waals surface area contributed by atoms with Gasteiger partial charge in [0.15, 0.2) is 0 Å². The average Bonchev–Trinajstić information content (AvgIpc) is 1.33. The number of rotatable bonds is 41. The maximum atomic E-state index is 15.5. The molecule has 35 nitrogen and oxygen atoms in total. The third-order valence-corrected chi connectivity index (χ3v) is 19.8. The number of nitrogens with zero attached hydrogens (tertiary/aromatic N) is 2. The fraction of sp³-hybridized carbons (Fsp3) is 0.400. The first kappa shape index (κ1) is 98.0. The Morgan fingerprint density at radius 1 is 0.565 bits per heavy atom. The monoisotopic (exact) mass is 1740 g/mol. The smallest absolute Gasteiger partial charge is 0.430 e. The third kappa shape index (κ3) is 31.7. The second kappa shape index (κ2) is 47.4. The van der Waals surface area contributed by atoms with Crippen LogP contribution in [0.3, 0.4) is 0 Å². The number of nitrogens with one attached hydrogen (secondary N) is 14. The van der Waals surface area contributed by atoms with Crippen LogP contribution in [-0.4, -0.2) is 200 Å². The maximum absolute atomic E-state index is 15.5. The van der Waals surface area contributed by atoms with Crippen molar-refractivity contribution in [1.82, 2.24) is 73.0 Å². The highest BCUT2D eigenvalue weighted by Gasteiger charge is 2.41. The minimum Gasteiger partial charge on any atom is -0.542 e. The third-order valence-electron chi connectivity index (χ3n) is 19.6. The van der Waals surface area contributed by atoms with Gasteiger partial charge in [-0.3, -0.25) is 78.0 Å². The molecule has 7 aromatic rings. The molecule has 10 atom stereocenters. The molecule has 0 aliphatic carbocycles. The summed E-state index contributed by atoms with van der Waals surface area (Å²) in [5.41, 5.74) is 3.94. The standard InChI is InChI=1S/C83H102ClN17O16.C2HF3O2/c1-46(2)36-63(74(108)93-62(17-10-11-34-87-47(3)4)82(116)101-35-13-18-70(101)81(115)89-48(5)71(85)105)94-76(110)66(39-52-22-29-59(30-23-52)90-49(6)103)96-78(112)67(40-53-24-31-60(32-25-53)92-72(106)61-44-88-83(117)100-73(61)107)98-80(114)69(45-102)99-79(113)68(42-55-14-12-33-86-43-55)97-77(111)65(38-51-20-27-58(84)28-21-51)95-75(109)64(91-50(7)104)41-54-19-26-56-15-8-9-16-57(56)37-54;3-2(4,5)1(6)7/h8-9,12,14-16,19-33,37,43-44,46-48,62-70,87,102H,10-11,13,17-18,34-36,38-42,45H2,1-7H3,(H2,85,105)(H,89,115)(H,90,103)(H,91,104)(H,92,106)(H,93,108)(H,94,110)(H,95,109)(H,96,112)(H,97,111)(H,98,114)(H,99,113)(H2,88,100,107,117);(H,6,7)/t48-,62+,63+,64-,65-,66-,67+,68-,69+,70+;/m1./s1. The summed E-state index contributed by atoms with van der Waals surface area (Å²) >= 11 is 6.27. The van der Waals surface area contributed by atoms with Crippen molar-refractivity contribution in [3.63, 3.8) is 0 Å². The van der Waals surface area contributed by atoms with Crippen LogP contribution in [0.2, 0.25) is 5.02 Å². The van der Waals surface area contributed by atoms with E-state index in [-0.39, 0.29) is 80.6 Å². The number of H-pyrrole nitrogens is 2. The lowest BCUT2D eigenvalue weighted by Crippen LogP contribution is -2.66. The Morgan fingerprint density at radius 2 is 1.03 bits per heavy atom. The number of pyridine rings is 1. The summed E-state index contributed by atoms with van der Waals surface area (Å²) in [6.45, 7) is 11.2. The second-order valence-corrected chi connectivity index (χ2v) is 30.9. The topological polar surface area (TPSA) is 536 Å². The number of fused-ring (bicyclic) bond motifs is 1. The number of aliphatic hydroxyl groups excluding tert-OH is 1. The number of hydrogen-bond acceptors (Lipinski definition) is 20. The molecule has 18 N–H and O–H groups in total. The number of aromatic amines is 2. The van der Waals surface area contributed by atoms with Crippen molar-refractivity contribution >= 4 is 117 Å². The lowest BCUT2D eigenvalue weighted by atomic mass is 9.99. The summed E-state index contributed by atoms with van der Waals surface area (Å²) < 4.78 is 31.5. The number of anilines is 2. The number of aliphatic carboxylic acids is 1. The molecule has 1 aliphatic heterocycles. The van der Waals surface area contributed by atoms with E-state index in [9.17, 15) is 75.8 Å². The summed E-state index contributed by atoms with van der Waals surface area (Å²) in [7, 11) is 0. The Morgan fingerprint density at radius 3 is 1.52 bits per heavy atom. The van der Waals surface area contributed by atoms with Gasteiger partial charge in [0.1, 0.15) is 72.0 Å². The van der Waals surface area contributed by atoms with Gasteiger partial charge in [-0.25, -0.2) is 9.59 Å². The van der Waals surface area contributed by atoms with Crippen LogP contribution in [-0.2, 0) is 94.4 Å². The number of carbonyl (C=O) groups is 14. The van der Waals surface area contributed by atoms with E-state index in [1.807, 2.05) is 61.3 Å². The number of likely N-dealkylation sites (tertiary alicyclic amines) is 1. The van der Waals surface area contributed by atoms with Gasteiger partial charge in [-0.2, -0.15) is 13.2 Å². The van der Waals surface area contributed by atoms with Crippen LogP contribution in [0.1, 0.15) is 125 Å². The van der Waals surface area contributed by atoms with Gasteiger partial charge in [-0.1, -0.05) is 124 Å². The number of aromatic nitrogens is 3. The fourth-order valence-corrected chi connectivity index (χ4v) is 13.3. The summed E-state index contributed by atoms with van der Waals surface area (Å²) in [5, 5.41) is 55.1. The highest BCUT2D eigenvalue weighted by atomic mass is 35.5. The molecule has 0 unspecified atom stereocenters. The Hall–Kier alpha value is -13.1. The molecule has 664 valence electrons. The lowest BCUT2D eigenvalue weighted by Gasteiger charge is -2.31. The molecule has 5 aromatic carbocycles. The van der Waals surface area contributed by atoms with Gasteiger partial charge in [0.2, 0.25) is 65.0 Å². The van der Waals surface area contributed by atoms with Crippen molar-refractivity contribution in [3.8, 4) is 0 Å². The fourth-order valence-electron chi connectivity index (χ4n) is 13.2. The first-order valence-electron chi connectivity index (χ1n) is 39.9. The Kier molecular flexibility index (Phi) is 37.5. The first-order valence-corrected chi connectivity index (χ1v) is 40.3. The molecule has 1 fully saturated rings. The average molecular weight is 1740 g/mol. The number of alkyl halides is 3. The van der Waals surface area contributed by atoms with E-state index >= 15 is 14.4 Å². The van der Waals surface area contributed by atoms with Crippen molar-refractivity contribution in [2.75, 3.05) is 30.3 Å². The minimum atomic E-state index is -5.19. The molecular formula is C85H103ClF3N17O18. The van der Waals surface area contributed by atoms with Gasteiger partial charge in [0, 0.05) is 93.5 Å². The quantitative estimate of drug-likeness (QED) is 0.0234. The Balaban J connectivity index is 0.00000289. The van der Waals surface area contributed by atoms with E-state index in [1.54, 1.807) is 74.5 Å². The van der Waals surface area contributed by atoms with Crippen molar-refractivity contribution < 1.29 is 96.2 Å². The minimum absolute atomic E-state index is 0.00664. The number of carbonyl (C=O) groups excluding carboxylic acids is 14. The molecule has 13 amide bonds. The van der Waals surface area contributed by atoms with Gasteiger partial charge in [0.25, 0.3) is 11.5 Å². The molecular weight excluding hydrogens is 1640 g/mol. The van der Waals surface area contributed by atoms with Crippen LogP contribution >= 0.6 is 11.6 Å². The zero-order chi connectivity index (χ0) is 91.1. The van der Waals surface area contributed by atoms with Crippen LogP contribution in [0.5, 0.6) is 0 Å². The van der Waals surface area contributed by atoms with Gasteiger partial charge < -0.3 is 88.7 Å². The first-order chi connectivity index (χ1) is 58.7. The lowest BCUT2D eigenvalue weighted by molar-refractivity contribution is -0.344. The zero-order valence-electron chi connectivity index (χ0n) is 69.2. The molecule has 0 radical (unpaired) electrons. The van der Waals surface area contributed by atoms with Gasteiger partial charge >= 0.3 is 17.8 Å². The molecule has 2 aromatic heterocycles. The number of carboxylic acids is 1. The Bertz CT molecular complexity index is 5040. The molecule has 1 saturated heterocycles. The highest BCUT2D eigenvalue weighted by Crippen LogP contribution is 2.24. The number of unbranched alkanes of at least 4 members (excludes halogenated alkanes) is 1. The number of quaternary nitrogens is 1. The van der Waals surface area contributed by atoms with Gasteiger partial charge in [0.05, 0.1) is 6.61 Å². The number of carboxylic acid groups (broad SMARTS) is 1. The number of amides is 13. The van der Waals surface area contributed by atoms with Gasteiger partial charge in [-0.15, -0.1) is 0 Å². The number of hydrogen-bond donors (Lipinski definition) is 16. The summed E-state index contributed by atoms with van der Waals surface area (Å²) in [4.78, 5) is 227. The van der Waals surface area contributed by atoms with Crippen molar-refractivity contribution in [2.45, 2.75) is 192 Å². The molecule has 0 spiro atoms. The molecule has 0 saturated carbocycles. The predicted molar refractivity (Wildman–Crippen MR) is 447 cm³/mol. The summed E-state index contributed by atoms with van der Waals surface area (Å²) in [6, 6.07) is 20.8. The number of benzene rings is 5. The molecule has 124 heavy (non-hydrogen) atoms. The highest BCUT2D eigenvalue weighted by molar-refractivity contribution is 6.30. The van der Waals surface area contributed by atoms with Crippen molar-refractivity contribution in [1.29, 1.82) is 0 Å². The van der Waals surface area contributed by atoms with Crippen LogP contribution in [0.4, 0.5) is 24.5 Å². The van der Waals surface area contributed by atoms with Crippen LogP contribution in [0, 0.1) is 5.92 Å². The molecule has 39 heteroatoms. The molecule has 0 bridgehead atoms. The Labute approximate surface area is 715 Å². The van der Waals surface area contributed by atoms with Crippen molar-refractivity contribution in [2.24, 2.45) is 5.92 Å². The normalized spacial score (nSPS) is 14.6. The van der Waals surface area contributed by atoms with Crippen LogP contribution < -0.4 is 85.9 Å².